The molecule has 0 bridgehead atoms. The number of hydrogen-bond acceptors (Lipinski definition) is 3. The lowest BCUT2D eigenvalue weighted by atomic mass is 9.35. The zero-order valence-corrected chi connectivity index (χ0v) is 41.2. The third kappa shape index (κ3) is 6.72. The molecule has 61 heavy (non-hydrogen) atoms. The first kappa shape index (κ1) is 42.0. The van der Waals surface area contributed by atoms with Crippen LogP contribution in [0.4, 0.5) is 34.1 Å². The van der Waals surface area contributed by atoms with Crippen molar-refractivity contribution >= 4 is 78.0 Å². The van der Waals surface area contributed by atoms with E-state index in [0.717, 1.165) is 0 Å². The SMILES string of the molecule is Cc1cc(C(C)(C)C)ccc1N1c2cc3c(cc2B2c4sc5ccc(C(C)(C)C)cc5c4N(c4ccc(C(C)(C)C)cc4)c4cc(C(C)(C)C)cc1c42)C(C)(C)CCC3(C)C. The van der Waals surface area contributed by atoms with Gasteiger partial charge in [-0.05, 0) is 151 Å². The van der Waals surface area contributed by atoms with Gasteiger partial charge in [-0.15, -0.1) is 11.3 Å². The standard InChI is InChI=1S/C57H69BN2S/c1-34-28-36(53(5,6)7)20-24-44(34)60-45-33-42-41(56(14,15)26-27-57(42,16)17)32-43(45)58-49-46(30-38(31-47(49)60)55(11,12)13)59(39-22-18-35(19-23-39)52(2,3)4)50-40-29-37(54(8,9)10)21-25-48(40)61-51(50)58/h18-25,28-33H,26-27H2,1-17H3. The highest BCUT2D eigenvalue weighted by molar-refractivity contribution is 7.33. The predicted molar refractivity (Wildman–Crippen MR) is 271 cm³/mol. The molecular formula is C57H69BN2S. The van der Waals surface area contributed by atoms with Gasteiger partial charge >= 0.3 is 0 Å². The van der Waals surface area contributed by atoms with Crippen LogP contribution in [0.2, 0.25) is 0 Å². The molecule has 6 aromatic rings. The largest absolute Gasteiger partial charge is 0.311 e. The van der Waals surface area contributed by atoms with E-state index < -0.39 is 0 Å². The molecule has 0 fully saturated rings. The van der Waals surface area contributed by atoms with Gasteiger partial charge in [-0.2, -0.15) is 0 Å². The molecule has 0 spiro atoms. The molecule has 3 heterocycles. The van der Waals surface area contributed by atoms with Crippen LogP contribution in [0.5, 0.6) is 0 Å². The summed E-state index contributed by atoms with van der Waals surface area (Å²) in [5.74, 6) is 0. The molecule has 0 amide bonds. The van der Waals surface area contributed by atoms with Gasteiger partial charge < -0.3 is 9.80 Å². The summed E-state index contributed by atoms with van der Waals surface area (Å²) in [6, 6.07) is 34.6. The van der Waals surface area contributed by atoms with Gasteiger partial charge in [0.1, 0.15) is 0 Å². The van der Waals surface area contributed by atoms with E-state index in [-0.39, 0.29) is 39.2 Å². The number of aryl methyl sites for hydroxylation is 1. The summed E-state index contributed by atoms with van der Waals surface area (Å²) >= 11 is 2.02. The van der Waals surface area contributed by atoms with Crippen molar-refractivity contribution in [3.05, 3.63) is 124 Å². The van der Waals surface area contributed by atoms with E-state index in [2.05, 4.69) is 212 Å². The molecule has 0 N–H and O–H groups in total. The molecule has 3 aliphatic rings. The monoisotopic (exact) mass is 825 g/mol. The summed E-state index contributed by atoms with van der Waals surface area (Å²) in [6.07, 6.45) is 2.37. The van der Waals surface area contributed by atoms with Crippen LogP contribution in [0, 0.1) is 6.92 Å². The van der Waals surface area contributed by atoms with Crippen molar-refractivity contribution in [1.29, 1.82) is 0 Å². The van der Waals surface area contributed by atoms with E-state index in [1.807, 2.05) is 11.3 Å². The van der Waals surface area contributed by atoms with Crippen LogP contribution in [0.25, 0.3) is 10.1 Å². The van der Waals surface area contributed by atoms with Crippen LogP contribution in [0.3, 0.4) is 0 Å². The lowest BCUT2D eigenvalue weighted by Gasteiger charge is -2.47. The molecule has 5 aromatic carbocycles. The Hall–Kier alpha value is -4.28. The van der Waals surface area contributed by atoms with E-state index in [4.69, 9.17) is 0 Å². The van der Waals surface area contributed by atoms with Gasteiger partial charge in [0.05, 0.1) is 5.69 Å². The van der Waals surface area contributed by atoms with Crippen molar-refractivity contribution in [3.63, 3.8) is 0 Å². The number of nitrogens with zero attached hydrogens (tertiary/aromatic N) is 2. The van der Waals surface area contributed by atoms with Crippen LogP contribution in [-0.4, -0.2) is 6.71 Å². The fourth-order valence-electron chi connectivity index (χ4n) is 10.5. The summed E-state index contributed by atoms with van der Waals surface area (Å²) in [6.45, 7) is 40.5. The Balaban J connectivity index is 1.46. The Morgan fingerprint density at radius 3 is 1.57 bits per heavy atom. The molecule has 0 atom stereocenters. The molecule has 0 radical (unpaired) electrons. The van der Waals surface area contributed by atoms with Crippen molar-refractivity contribution in [2.24, 2.45) is 0 Å². The highest BCUT2D eigenvalue weighted by Gasteiger charge is 2.48. The number of anilines is 6. The maximum Gasteiger partial charge on any atom is 0.264 e. The van der Waals surface area contributed by atoms with Crippen molar-refractivity contribution in [2.45, 2.75) is 163 Å². The third-order valence-electron chi connectivity index (χ3n) is 14.7. The zero-order valence-electron chi connectivity index (χ0n) is 40.4. The van der Waals surface area contributed by atoms with Crippen LogP contribution in [0.1, 0.15) is 163 Å². The predicted octanol–water partition coefficient (Wildman–Crippen LogP) is 14.8. The second kappa shape index (κ2) is 13.4. The molecule has 1 aromatic heterocycles. The van der Waals surface area contributed by atoms with Crippen molar-refractivity contribution in [3.8, 4) is 0 Å². The second-order valence-corrected chi connectivity index (χ2v) is 25.4. The number of hydrogen-bond donors (Lipinski definition) is 0. The minimum Gasteiger partial charge on any atom is -0.311 e. The van der Waals surface area contributed by atoms with Crippen LogP contribution >= 0.6 is 11.3 Å². The topological polar surface area (TPSA) is 6.48 Å². The van der Waals surface area contributed by atoms with E-state index in [1.54, 1.807) is 0 Å². The lowest BCUT2D eigenvalue weighted by molar-refractivity contribution is 0.332. The minimum absolute atomic E-state index is 0.0249. The maximum absolute atomic E-state index is 2.69. The molecule has 0 saturated carbocycles. The average Bonchev–Trinajstić information content (AvgIpc) is 3.53. The molecule has 316 valence electrons. The Bertz CT molecular complexity index is 2750. The summed E-state index contributed by atoms with van der Waals surface area (Å²) < 4.78 is 2.81. The van der Waals surface area contributed by atoms with Gasteiger partial charge in [-0.1, -0.05) is 147 Å². The molecule has 9 rings (SSSR count). The Morgan fingerprint density at radius 1 is 0.508 bits per heavy atom. The normalized spacial score (nSPS) is 17.0. The Morgan fingerprint density at radius 2 is 1.02 bits per heavy atom. The highest BCUT2D eigenvalue weighted by atomic mass is 32.1. The van der Waals surface area contributed by atoms with Gasteiger partial charge in [0.2, 0.25) is 0 Å². The molecular weight excluding hydrogens is 756 g/mol. The van der Waals surface area contributed by atoms with E-state index in [1.165, 1.54) is 112 Å². The van der Waals surface area contributed by atoms with E-state index in [9.17, 15) is 0 Å². The van der Waals surface area contributed by atoms with Gasteiger partial charge in [-0.3, -0.25) is 0 Å². The fourth-order valence-corrected chi connectivity index (χ4v) is 11.8. The van der Waals surface area contributed by atoms with Crippen LogP contribution in [0.15, 0.2) is 84.9 Å². The third-order valence-corrected chi connectivity index (χ3v) is 15.9. The molecule has 4 heteroatoms. The quantitative estimate of drug-likeness (QED) is 0.160. The fraction of sp³-hybridized carbons (Fsp3) is 0.439. The summed E-state index contributed by atoms with van der Waals surface area (Å²) in [5, 5.41) is 1.36. The van der Waals surface area contributed by atoms with Gasteiger partial charge in [0, 0.05) is 43.3 Å². The Labute approximate surface area is 372 Å². The number of benzene rings is 5. The molecule has 0 saturated heterocycles. The van der Waals surface area contributed by atoms with Gasteiger partial charge in [0.25, 0.3) is 6.71 Å². The van der Waals surface area contributed by atoms with Crippen molar-refractivity contribution in [1.82, 2.24) is 0 Å². The molecule has 2 nitrogen and oxygen atoms in total. The van der Waals surface area contributed by atoms with Gasteiger partial charge in [-0.25, -0.2) is 0 Å². The summed E-state index contributed by atoms with van der Waals surface area (Å²) in [5.41, 5.74) is 20.7. The van der Waals surface area contributed by atoms with Crippen LogP contribution < -0.4 is 25.5 Å². The minimum atomic E-state index is -0.0852. The second-order valence-electron chi connectivity index (χ2n) is 24.3. The van der Waals surface area contributed by atoms with Gasteiger partial charge in [0.15, 0.2) is 0 Å². The Kier molecular flexibility index (Phi) is 9.22. The highest BCUT2D eigenvalue weighted by Crippen LogP contribution is 2.53. The first-order chi connectivity index (χ1) is 28.2. The maximum atomic E-state index is 2.69. The molecule has 0 unspecified atom stereocenters. The molecule has 2 aliphatic heterocycles. The first-order valence-corrected chi connectivity index (χ1v) is 23.7. The number of rotatable bonds is 2. The smallest absolute Gasteiger partial charge is 0.264 e. The summed E-state index contributed by atoms with van der Waals surface area (Å²) in [4.78, 5) is 5.36. The van der Waals surface area contributed by atoms with Crippen LogP contribution in [-0.2, 0) is 32.5 Å². The number of fused-ring (bicyclic) bond motifs is 7. The van der Waals surface area contributed by atoms with E-state index >= 15 is 0 Å². The first-order valence-electron chi connectivity index (χ1n) is 22.9. The number of thiophene rings is 1. The summed E-state index contributed by atoms with van der Waals surface area (Å²) in [7, 11) is 0. The van der Waals surface area contributed by atoms with E-state index in [0.29, 0.717) is 0 Å². The average molecular weight is 825 g/mol. The zero-order chi connectivity index (χ0) is 44.1. The van der Waals surface area contributed by atoms with Crippen molar-refractivity contribution < 1.29 is 0 Å². The lowest BCUT2D eigenvalue weighted by Crippen LogP contribution is -2.61. The molecule has 1 aliphatic carbocycles. The van der Waals surface area contributed by atoms with Crippen molar-refractivity contribution in [2.75, 3.05) is 9.80 Å².